The third kappa shape index (κ3) is 4.09. The molecule has 0 amide bonds. The third-order valence-electron chi connectivity index (χ3n) is 8.66. The molecule has 0 saturated carbocycles. The van der Waals surface area contributed by atoms with Crippen LogP contribution in [0.25, 0.3) is 22.3 Å². The van der Waals surface area contributed by atoms with Gasteiger partial charge >= 0.3 is 0 Å². The van der Waals surface area contributed by atoms with Gasteiger partial charge < -0.3 is 4.90 Å². The molecular formula is C43H31N. The molecule has 0 aliphatic heterocycles. The number of rotatable bonds is 6. The first-order valence-electron chi connectivity index (χ1n) is 17.3. The molecule has 0 spiro atoms. The van der Waals surface area contributed by atoms with Gasteiger partial charge in [-0.25, -0.2) is 0 Å². The summed E-state index contributed by atoms with van der Waals surface area (Å²) in [4.78, 5) is 1.78. The molecule has 0 heterocycles. The summed E-state index contributed by atoms with van der Waals surface area (Å²) >= 11 is 0. The summed E-state index contributed by atoms with van der Waals surface area (Å²) in [6.07, 6.45) is 0. The zero-order valence-corrected chi connectivity index (χ0v) is 24.0. The molecule has 1 aliphatic rings. The largest absolute Gasteiger partial charge is 0.310 e. The van der Waals surface area contributed by atoms with E-state index in [1.54, 1.807) is 4.90 Å². The predicted molar refractivity (Wildman–Crippen MR) is 184 cm³/mol. The van der Waals surface area contributed by atoms with Gasteiger partial charge in [0.1, 0.15) is 0 Å². The van der Waals surface area contributed by atoms with Crippen LogP contribution in [0.3, 0.4) is 0 Å². The van der Waals surface area contributed by atoms with Crippen LogP contribution in [0, 0.1) is 0 Å². The number of para-hydroxylation sites is 3. The number of anilines is 3. The van der Waals surface area contributed by atoms with Gasteiger partial charge in [0.15, 0.2) is 0 Å². The van der Waals surface area contributed by atoms with E-state index in [1.807, 2.05) is 54.6 Å². The molecule has 8 rings (SSSR count). The zero-order chi connectivity index (χ0) is 33.7. The van der Waals surface area contributed by atoms with Crippen LogP contribution < -0.4 is 4.90 Å². The minimum Gasteiger partial charge on any atom is -0.310 e. The summed E-state index contributed by atoms with van der Waals surface area (Å²) in [5, 5.41) is 0. The Morgan fingerprint density at radius 1 is 0.409 bits per heavy atom. The van der Waals surface area contributed by atoms with Gasteiger partial charge in [0.05, 0.1) is 18.0 Å². The minimum atomic E-state index is -0.518. The molecule has 0 N–H and O–H groups in total. The first-order chi connectivity index (χ1) is 23.9. The Kier molecular flexibility index (Phi) is 5.21. The monoisotopic (exact) mass is 566 g/mol. The fourth-order valence-electron chi connectivity index (χ4n) is 6.85. The molecule has 0 atom stereocenters. The fourth-order valence-corrected chi connectivity index (χ4v) is 6.85. The summed E-state index contributed by atoms with van der Waals surface area (Å²) in [5.41, 5.74) is 10.1. The summed E-state index contributed by atoms with van der Waals surface area (Å²) in [6, 6.07) is 52.3. The number of hydrogen-bond donors (Lipinski definition) is 0. The Bertz CT molecular complexity index is 2260. The van der Waals surface area contributed by atoms with E-state index < -0.39 is 11.5 Å². The average molecular weight is 567 g/mol. The second-order valence-corrected chi connectivity index (χ2v) is 10.9. The number of fused-ring (bicyclic) bond motifs is 3. The van der Waals surface area contributed by atoms with E-state index in [2.05, 4.69) is 103 Å². The highest BCUT2D eigenvalue weighted by atomic mass is 15.1. The van der Waals surface area contributed by atoms with Crippen molar-refractivity contribution in [1.82, 2.24) is 0 Å². The van der Waals surface area contributed by atoms with Crippen LogP contribution in [-0.4, -0.2) is 0 Å². The van der Waals surface area contributed by atoms with Gasteiger partial charge in [-0.2, -0.15) is 0 Å². The SMILES string of the molecule is [2H]c1c([2H])c([2H])c(N(c2ccccc2)c2ccccc2-c2ccc(C3(c4ccccc4)c4ccccc4-c4ccccc43)cc2)c([2H])c1[2H]. The van der Waals surface area contributed by atoms with Crippen LogP contribution in [0.5, 0.6) is 0 Å². The van der Waals surface area contributed by atoms with E-state index in [9.17, 15) is 0 Å². The summed E-state index contributed by atoms with van der Waals surface area (Å²) in [5.74, 6) is 0. The average Bonchev–Trinajstić information content (AvgIpc) is 3.47. The first kappa shape index (κ1) is 21.1. The van der Waals surface area contributed by atoms with Gasteiger partial charge in [-0.1, -0.05) is 158 Å². The van der Waals surface area contributed by atoms with E-state index in [1.165, 1.54) is 27.8 Å². The summed E-state index contributed by atoms with van der Waals surface area (Å²) in [6.45, 7) is 0. The lowest BCUT2D eigenvalue weighted by molar-refractivity contribution is 0.768. The second-order valence-electron chi connectivity index (χ2n) is 10.9. The van der Waals surface area contributed by atoms with E-state index in [0.29, 0.717) is 11.4 Å². The quantitative estimate of drug-likeness (QED) is 0.193. The van der Waals surface area contributed by atoms with Crippen molar-refractivity contribution in [3.05, 3.63) is 210 Å². The topological polar surface area (TPSA) is 3.24 Å². The summed E-state index contributed by atoms with van der Waals surface area (Å²) in [7, 11) is 0. The van der Waals surface area contributed by atoms with Crippen LogP contribution in [0.1, 0.15) is 29.1 Å². The van der Waals surface area contributed by atoms with Gasteiger partial charge in [0.25, 0.3) is 0 Å². The van der Waals surface area contributed by atoms with Crippen LogP contribution in [0.4, 0.5) is 17.1 Å². The van der Waals surface area contributed by atoms with Crippen molar-refractivity contribution in [3.8, 4) is 22.3 Å². The zero-order valence-electron chi connectivity index (χ0n) is 29.0. The molecule has 44 heavy (non-hydrogen) atoms. The summed E-state index contributed by atoms with van der Waals surface area (Å²) < 4.78 is 42.8. The lowest BCUT2D eigenvalue weighted by Crippen LogP contribution is -2.28. The maximum atomic E-state index is 8.87. The highest BCUT2D eigenvalue weighted by Crippen LogP contribution is 2.56. The van der Waals surface area contributed by atoms with Crippen LogP contribution in [0.2, 0.25) is 0 Å². The van der Waals surface area contributed by atoms with Crippen LogP contribution in [-0.2, 0) is 5.41 Å². The smallest absolute Gasteiger partial charge is 0.0713 e. The van der Waals surface area contributed by atoms with Crippen LogP contribution >= 0.6 is 0 Å². The number of nitrogens with zero attached hydrogens (tertiary/aromatic N) is 1. The van der Waals surface area contributed by atoms with E-state index in [4.69, 9.17) is 6.85 Å². The lowest BCUT2D eigenvalue weighted by Gasteiger charge is -2.34. The van der Waals surface area contributed by atoms with Gasteiger partial charge in [-0.15, -0.1) is 0 Å². The molecule has 208 valence electrons. The number of hydrogen-bond acceptors (Lipinski definition) is 1. The maximum absolute atomic E-state index is 8.87. The van der Waals surface area contributed by atoms with Crippen molar-refractivity contribution in [3.63, 3.8) is 0 Å². The Hall–Kier alpha value is -5.66. The van der Waals surface area contributed by atoms with E-state index in [-0.39, 0.29) is 29.9 Å². The Morgan fingerprint density at radius 2 is 0.909 bits per heavy atom. The molecular weight excluding hydrogens is 530 g/mol. The van der Waals surface area contributed by atoms with Gasteiger partial charge in [-0.05, 0) is 69.2 Å². The second kappa shape index (κ2) is 10.9. The molecule has 0 radical (unpaired) electrons. The molecule has 1 nitrogen and oxygen atoms in total. The molecule has 0 saturated heterocycles. The third-order valence-corrected chi connectivity index (χ3v) is 8.66. The van der Waals surface area contributed by atoms with Crippen molar-refractivity contribution in [2.75, 3.05) is 4.90 Å². The minimum absolute atomic E-state index is 0.100. The van der Waals surface area contributed by atoms with Gasteiger partial charge in [0, 0.05) is 16.9 Å². The number of benzene rings is 7. The van der Waals surface area contributed by atoms with Crippen molar-refractivity contribution >= 4 is 17.1 Å². The normalized spacial score (nSPS) is 14.3. The highest BCUT2D eigenvalue weighted by Gasteiger charge is 2.45. The van der Waals surface area contributed by atoms with Crippen LogP contribution in [0.15, 0.2) is 188 Å². The lowest BCUT2D eigenvalue weighted by atomic mass is 9.67. The Balaban J connectivity index is 1.33. The molecule has 1 heteroatoms. The molecule has 1 aliphatic carbocycles. The van der Waals surface area contributed by atoms with E-state index >= 15 is 0 Å². The first-order valence-corrected chi connectivity index (χ1v) is 14.8. The maximum Gasteiger partial charge on any atom is 0.0713 e. The molecule has 7 aromatic carbocycles. The van der Waals surface area contributed by atoms with Crippen molar-refractivity contribution in [1.29, 1.82) is 0 Å². The standard InChI is InChI=1S/C43H31N/c1-4-16-33(17-5-1)43(40-25-13-10-23-38(40)39-24-11-14-26-41(39)43)34-30-28-32(29-31-34)37-22-12-15-27-42(37)44(35-18-6-2-7-19-35)36-20-8-3-9-21-36/h1-31H/i2D,6D,7D,18D,19D. The molecule has 0 aromatic heterocycles. The fraction of sp³-hybridized carbons (Fsp3) is 0.0233. The van der Waals surface area contributed by atoms with Gasteiger partial charge in [-0.3, -0.25) is 0 Å². The van der Waals surface area contributed by atoms with Crippen molar-refractivity contribution < 1.29 is 6.85 Å². The van der Waals surface area contributed by atoms with E-state index in [0.717, 1.165) is 16.7 Å². The Morgan fingerprint density at radius 3 is 1.55 bits per heavy atom. The molecule has 0 unspecified atom stereocenters. The van der Waals surface area contributed by atoms with Crippen molar-refractivity contribution in [2.45, 2.75) is 5.41 Å². The highest BCUT2D eigenvalue weighted by molar-refractivity contribution is 5.89. The molecule has 7 aromatic rings. The van der Waals surface area contributed by atoms with Crippen molar-refractivity contribution in [2.24, 2.45) is 0 Å². The predicted octanol–water partition coefficient (Wildman–Crippen LogP) is 11.2. The Labute approximate surface area is 266 Å². The molecule has 0 bridgehead atoms. The molecule has 0 fully saturated rings. The van der Waals surface area contributed by atoms with Gasteiger partial charge in [0.2, 0.25) is 0 Å².